The first kappa shape index (κ1) is 9.08. The van der Waals surface area contributed by atoms with Crippen molar-refractivity contribution in [1.82, 2.24) is 14.5 Å². The van der Waals surface area contributed by atoms with Gasteiger partial charge in [0.1, 0.15) is 0 Å². The van der Waals surface area contributed by atoms with Crippen LogP contribution in [0.2, 0.25) is 0 Å². The van der Waals surface area contributed by atoms with Gasteiger partial charge in [-0.05, 0) is 18.1 Å². The fourth-order valence-corrected chi connectivity index (χ4v) is 2.10. The summed E-state index contributed by atoms with van der Waals surface area (Å²) in [5.41, 5.74) is 3.04. The number of pyridine rings is 1. The SMILES string of the molecule is O=C(O)c1ncc2n1CCc1cnccc1-2. The Hall–Kier alpha value is -2.17. The molecule has 80 valence electrons. The smallest absolute Gasteiger partial charge is 0.372 e. The highest BCUT2D eigenvalue weighted by molar-refractivity contribution is 5.85. The first-order valence-corrected chi connectivity index (χ1v) is 4.99. The second-order valence-electron chi connectivity index (χ2n) is 3.71. The summed E-state index contributed by atoms with van der Waals surface area (Å²) in [5.74, 6) is -0.874. The average molecular weight is 215 g/mol. The lowest BCUT2D eigenvalue weighted by Gasteiger charge is -2.18. The molecule has 2 aromatic heterocycles. The fourth-order valence-electron chi connectivity index (χ4n) is 2.10. The van der Waals surface area contributed by atoms with Gasteiger partial charge in [-0.1, -0.05) is 0 Å². The molecule has 5 heteroatoms. The summed E-state index contributed by atoms with van der Waals surface area (Å²) < 4.78 is 1.74. The molecule has 0 spiro atoms. The molecule has 0 unspecified atom stereocenters. The predicted molar refractivity (Wildman–Crippen MR) is 56.1 cm³/mol. The van der Waals surface area contributed by atoms with E-state index >= 15 is 0 Å². The Balaban J connectivity index is 2.23. The molecule has 0 amide bonds. The van der Waals surface area contributed by atoms with E-state index in [-0.39, 0.29) is 5.82 Å². The van der Waals surface area contributed by atoms with Gasteiger partial charge in [0, 0.05) is 24.5 Å². The summed E-state index contributed by atoms with van der Waals surface area (Å²) in [5, 5.41) is 8.98. The van der Waals surface area contributed by atoms with Gasteiger partial charge < -0.3 is 9.67 Å². The molecule has 16 heavy (non-hydrogen) atoms. The van der Waals surface area contributed by atoms with Crippen molar-refractivity contribution in [2.45, 2.75) is 13.0 Å². The van der Waals surface area contributed by atoms with E-state index in [0.29, 0.717) is 6.54 Å². The molecule has 0 atom stereocenters. The molecule has 3 heterocycles. The second kappa shape index (κ2) is 3.16. The van der Waals surface area contributed by atoms with E-state index in [1.54, 1.807) is 17.0 Å². The van der Waals surface area contributed by atoms with Gasteiger partial charge in [0.05, 0.1) is 11.9 Å². The number of nitrogens with zero attached hydrogens (tertiary/aromatic N) is 3. The van der Waals surface area contributed by atoms with Crippen LogP contribution in [0.5, 0.6) is 0 Å². The van der Waals surface area contributed by atoms with Crippen LogP contribution in [0, 0.1) is 0 Å². The Morgan fingerprint density at radius 1 is 1.44 bits per heavy atom. The molecule has 0 radical (unpaired) electrons. The van der Waals surface area contributed by atoms with Crippen LogP contribution in [-0.2, 0) is 13.0 Å². The third-order valence-corrected chi connectivity index (χ3v) is 2.83. The Morgan fingerprint density at radius 2 is 2.31 bits per heavy atom. The van der Waals surface area contributed by atoms with E-state index in [1.807, 2.05) is 12.3 Å². The number of aryl methyl sites for hydroxylation is 1. The third-order valence-electron chi connectivity index (χ3n) is 2.83. The quantitative estimate of drug-likeness (QED) is 0.776. The number of fused-ring (bicyclic) bond motifs is 3. The van der Waals surface area contributed by atoms with Gasteiger partial charge >= 0.3 is 5.97 Å². The van der Waals surface area contributed by atoms with E-state index in [4.69, 9.17) is 5.11 Å². The minimum atomic E-state index is -0.983. The first-order chi connectivity index (χ1) is 7.77. The van der Waals surface area contributed by atoms with Gasteiger partial charge in [-0.3, -0.25) is 4.98 Å². The number of carbonyl (C=O) groups is 1. The molecule has 1 aliphatic rings. The molecule has 2 aromatic rings. The fraction of sp³-hybridized carbons (Fsp3) is 0.182. The van der Waals surface area contributed by atoms with Crippen LogP contribution < -0.4 is 0 Å². The van der Waals surface area contributed by atoms with Crippen molar-refractivity contribution in [2.24, 2.45) is 0 Å². The zero-order valence-electron chi connectivity index (χ0n) is 8.42. The minimum absolute atomic E-state index is 0.109. The van der Waals surface area contributed by atoms with Crippen LogP contribution in [0.15, 0.2) is 24.7 Å². The predicted octanol–water partition coefficient (Wildman–Crippen LogP) is 1.20. The van der Waals surface area contributed by atoms with E-state index in [9.17, 15) is 4.79 Å². The Bertz CT molecular complexity index is 574. The Morgan fingerprint density at radius 3 is 3.12 bits per heavy atom. The molecule has 0 saturated heterocycles. The normalized spacial score (nSPS) is 13.0. The van der Waals surface area contributed by atoms with Crippen molar-refractivity contribution >= 4 is 5.97 Å². The van der Waals surface area contributed by atoms with Gasteiger partial charge in [-0.25, -0.2) is 9.78 Å². The number of hydrogen-bond donors (Lipinski definition) is 1. The number of aromatic nitrogens is 3. The van der Waals surface area contributed by atoms with Crippen molar-refractivity contribution < 1.29 is 9.90 Å². The van der Waals surface area contributed by atoms with Crippen molar-refractivity contribution in [3.05, 3.63) is 36.0 Å². The highest BCUT2D eigenvalue weighted by Gasteiger charge is 2.22. The first-order valence-electron chi connectivity index (χ1n) is 4.99. The number of carboxylic acid groups (broad SMARTS) is 1. The van der Waals surface area contributed by atoms with Gasteiger partial charge in [-0.2, -0.15) is 0 Å². The lowest BCUT2D eigenvalue weighted by molar-refractivity contribution is 0.0678. The molecule has 0 bridgehead atoms. The molecule has 0 fully saturated rings. The van der Waals surface area contributed by atoms with Crippen LogP contribution in [0.4, 0.5) is 0 Å². The molecule has 0 aromatic carbocycles. The van der Waals surface area contributed by atoms with Crippen molar-refractivity contribution in [3.63, 3.8) is 0 Å². The average Bonchev–Trinajstić information content (AvgIpc) is 2.73. The topological polar surface area (TPSA) is 68.0 Å². The van der Waals surface area contributed by atoms with Crippen LogP contribution in [-0.4, -0.2) is 25.6 Å². The largest absolute Gasteiger partial charge is 0.475 e. The number of imidazole rings is 1. The van der Waals surface area contributed by atoms with Gasteiger partial charge in [-0.15, -0.1) is 0 Å². The van der Waals surface area contributed by atoms with Gasteiger partial charge in [0.15, 0.2) is 0 Å². The summed E-state index contributed by atoms with van der Waals surface area (Å²) in [6.07, 6.45) is 5.95. The second-order valence-corrected chi connectivity index (χ2v) is 3.71. The highest BCUT2D eigenvalue weighted by Crippen LogP contribution is 2.29. The lowest BCUT2D eigenvalue weighted by Crippen LogP contribution is -2.16. The number of rotatable bonds is 1. The van der Waals surface area contributed by atoms with Crippen molar-refractivity contribution in [1.29, 1.82) is 0 Å². The van der Waals surface area contributed by atoms with Gasteiger partial charge in [0.2, 0.25) is 5.82 Å². The maximum absolute atomic E-state index is 11.0. The summed E-state index contributed by atoms with van der Waals surface area (Å²) in [6, 6.07) is 1.90. The van der Waals surface area contributed by atoms with Crippen molar-refractivity contribution in [2.75, 3.05) is 0 Å². The molecule has 5 nitrogen and oxygen atoms in total. The van der Waals surface area contributed by atoms with E-state index < -0.39 is 5.97 Å². The lowest BCUT2D eigenvalue weighted by atomic mass is 10.0. The zero-order chi connectivity index (χ0) is 11.1. The molecule has 0 aliphatic carbocycles. The monoisotopic (exact) mass is 215 g/mol. The number of carboxylic acids is 1. The maximum Gasteiger partial charge on any atom is 0.372 e. The van der Waals surface area contributed by atoms with E-state index in [1.165, 1.54) is 0 Å². The molecule has 1 N–H and O–H groups in total. The maximum atomic E-state index is 11.0. The van der Waals surface area contributed by atoms with Gasteiger partial charge in [0.25, 0.3) is 0 Å². The van der Waals surface area contributed by atoms with Crippen LogP contribution in [0.25, 0.3) is 11.3 Å². The summed E-state index contributed by atoms with van der Waals surface area (Å²) in [7, 11) is 0. The highest BCUT2D eigenvalue weighted by atomic mass is 16.4. The third kappa shape index (κ3) is 1.14. The van der Waals surface area contributed by atoms with Crippen molar-refractivity contribution in [3.8, 4) is 11.3 Å². The molecule has 0 saturated carbocycles. The zero-order valence-corrected chi connectivity index (χ0v) is 8.42. The molecular formula is C11H9N3O2. The standard InChI is InChI=1S/C11H9N3O2/c15-11(16)10-13-6-9-8-1-3-12-5-7(8)2-4-14(9)10/h1,3,5-6H,2,4H2,(H,15,16). The molecule has 3 rings (SSSR count). The Kier molecular flexibility index (Phi) is 1.80. The summed E-state index contributed by atoms with van der Waals surface area (Å²) >= 11 is 0. The molecule has 1 aliphatic heterocycles. The van der Waals surface area contributed by atoms with E-state index in [0.717, 1.165) is 23.2 Å². The van der Waals surface area contributed by atoms with Crippen LogP contribution >= 0.6 is 0 Å². The molecular weight excluding hydrogens is 206 g/mol. The van der Waals surface area contributed by atoms with Crippen LogP contribution in [0.1, 0.15) is 16.2 Å². The minimum Gasteiger partial charge on any atom is -0.475 e. The number of aromatic carboxylic acids is 1. The number of hydrogen-bond acceptors (Lipinski definition) is 3. The summed E-state index contributed by atoms with van der Waals surface area (Å²) in [4.78, 5) is 19.0. The van der Waals surface area contributed by atoms with Crippen LogP contribution in [0.3, 0.4) is 0 Å². The van der Waals surface area contributed by atoms with E-state index in [2.05, 4.69) is 9.97 Å². The Labute approximate surface area is 91.4 Å². The summed E-state index contributed by atoms with van der Waals surface area (Å²) in [6.45, 7) is 0.648.